The molecule has 1 aromatic heterocycles. The lowest BCUT2D eigenvalue weighted by molar-refractivity contribution is -0.135. The van der Waals surface area contributed by atoms with E-state index in [-0.39, 0.29) is 11.8 Å². The zero-order valence-electron chi connectivity index (χ0n) is 15.0. The van der Waals surface area contributed by atoms with Crippen molar-refractivity contribution >= 4 is 5.91 Å². The molecule has 0 aliphatic heterocycles. The molecule has 5 heteroatoms. The molecule has 0 saturated heterocycles. The average molecular weight is 329 g/mol. The van der Waals surface area contributed by atoms with E-state index >= 15 is 0 Å². The Bertz CT molecular complexity index is 647. The van der Waals surface area contributed by atoms with Crippen LogP contribution in [-0.4, -0.2) is 40.6 Å². The fourth-order valence-electron chi connectivity index (χ4n) is 2.53. The van der Waals surface area contributed by atoms with E-state index < -0.39 is 0 Å². The number of imidazole rings is 1. The molecule has 0 bridgehead atoms. The van der Waals surface area contributed by atoms with Gasteiger partial charge in [0.05, 0.1) is 13.2 Å². The highest BCUT2D eigenvalue weighted by atomic mass is 16.5. The first-order valence-corrected chi connectivity index (χ1v) is 8.34. The first-order chi connectivity index (χ1) is 11.5. The highest BCUT2D eigenvalue weighted by molar-refractivity contribution is 5.78. The summed E-state index contributed by atoms with van der Waals surface area (Å²) in [6, 6.07) is 8.47. The SMILES string of the molecule is COCCN(Cc1nccn1Cc1ccc(C)cc1)C(=O)C(C)C. The first kappa shape index (κ1) is 18.2. The standard InChI is InChI=1S/C19H27N3O2/c1-15(2)19(23)22(11-12-24-4)14-18-20-9-10-21(18)13-17-7-5-16(3)6-8-17/h5-10,15H,11-14H2,1-4H3. The van der Waals surface area contributed by atoms with Crippen LogP contribution in [0.25, 0.3) is 0 Å². The van der Waals surface area contributed by atoms with Crippen LogP contribution in [-0.2, 0) is 22.6 Å². The van der Waals surface area contributed by atoms with Crippen LogP contribution in [0.15, 0.2) is 36.7 Å². The number of benzene rings is 1. The van der Waals surface area contributed by atoms with Crippen molar-refractivity contribution in [3.05, 3.63) is 53.6 Å². The van der Waals surface area contributed by atoms with Gasteiger partial charge in [-0.15, -0.1) is 0 Å². The molecular formula is C19H27N3O2. The first-order valence-electron chi connectivity index (χ1n) is 8.34. The van der Waals surface area contributed by atoms with Crippen molar-refractivity contribution in [1.29, 1.82) is 0 Å². The highest BCUT2D eigenvalue weighted by Gasteiger charge is 2.19. The second-order valence-corrected chi connectivity index (χ2v) is 6.36. The number of hydrogen-bond donors (Lipinski definition) is 0. The van der Waals surface area contributed by atoms with E-state index in [9.17, 15) is 4.79 Å². The molecule has 5 nitrogen and oxygen atoms in total. The van der Waals surface area contributed by atoms with Gasteiger partial charge in [-0.3, -0.25) is 4.79 Å². The van der Waals surface area contributed by atoms with E-state index in [4.69, 9.17) is 4.74 Å². The van der Waals surface area contributed by atoms with Gasteiger partial charge in [-0.1, -0.05) is 43.7 Å². The third-order valence-electron chi connectivity index (χ3n) is 3.98. The number of carbonyl (C=O) groups excluding carboxylic acids is 1. The molecule has 0 saturated carbocycles. The molecule has 1 amide bonds. The Balaban J connectivity index is 2.11. The van der Waals surface area contributed by atoms with Gasteiger partial charge < -0.3 is 14.2 Å². The summed E-state index contributed by atoms with van der Waals surface area (Å²) >= 11 is 0. The predicted molar refractivity (Wildman–Crippen MR) is 94.6 cm³/mol. The Morgan fingerprint density at radius 3 is 2.62 bits per heavy atom. The number of methoxy groups -OCH3 is 1. The van der Waals surface area contributed by atoms with Gasteiger partial charge in [0.2, 0.25) is 5.91 Å². The number of carbonyl (C=O) groups is 1. The molecule has 0 unspecified atom stereocenters. The number of nitrogens with zero attached hydrogens (tertiary/aromatic N) is 3. The minimum Gasteiger partial charge on any atom is -0.383 e. The van der Waals surface area contributed by atoms with Gasteiger partial charge in [0.1, 0.15) is 5.82 Å². The zero-order chi connectivity index (χ0) is 17.5. The third-order valence-corrected chi connectivity index (χ3v) is 3.98. The van der Waals surface area contributed by atoms with E-state index in [0.717, 1.165) is 12.4 Å². The molecule has 2 aromatic rings. The predicted octanol–water partition coefficient (Wildman–Crippen LogP) is 2.87. The molecule has 0 radical (unpaired) electrons. The summed E-state index contributed by atoms with van der Waals surface area (Å²) in [5, 5.41) is 0. The molecule has 0 N–H and O–H groups in total. The summed E-state index contributed by atoms with van der Waals surface area (Å²) in [7, 11) is 1.65. The Morgan fingerprint density at radius 1 is 1.29 bits per heavy atom. The van der Waals surface area contributed by atoms with Gasteiger partial charge in [0.25, 0.3) is 0 Å². The van der Waals surface area contributed by atoms with Crippen molar-refractivity contribution in [2.45, 2.75) is 33.9 Å². The Morgan fingerprint density at radius 2 is 2.00 bits per heavy atom. The molecule has 130 valence electrons. The van der Waals surface area contributed by atoms with Crippen molar-refractivity contribution in [1.82, 2.24) is 14.5 Å². The van der Waals surface area contributed by atoms with Crippen molar-refractivity contribution < 1.29 is 9.53 Å². The Kier molecular flexibility index (Phi) is 6.55. The van der Waals surface area contributed by atoms with Crippen LogP contribution in [0.1, 0.15) is 30.8 Å². The van der Waals surface area contributed by atoms with E-state index in [1.165, 1.54) is 11.1 Å². The Hall–Kier alpha value is -2.14. The summed E-state index contributed by atoms with van der Waals surface area (Å²) in [6.07, 6.45) is 3.75. The van der Waals surface area contributed by atoms with Crippen LogP contribution in [0.3, 0.4) is 0 Å². The summed E-state index contributed by atoms with van der Waals surface area (Å²) in [5.41, 5.74) is 2.47. The lowest BCUT2D eigenvalue weighted by Gasteiger charge is -2.24. The average Bonchev–Trinajstić information content (AvgIpc) is 2.99. The van der Waals surface area contributed by atoms with Gasteiger partial charge in [-0.25, -0.2) is 4.98 Å². The second kappa shape index (κ2) is 8.64. The topological polar surface area (TPSA) is 47.4 Å². The number of aryl methyl sites for hydroxylation is 1. The molecule has 1 aromatic carbocycles. The maximum atomic E-state index is 12.4. The quantitative estimate of drug-likeness (QED) is 0.748. The fraction of sp³-hybridized carbons (Fsp3) is 0.474. The zero-order valence-corrected chi connectivity index (χ0v) is 15.0. The summed E-state index contributed by atoms with van der Waals surface area (Å²) in [4.78, 5) is 18.7. The number of hydrogen-bond acceptors (Lipinski definition) is 3. The summed E-state index contributed by atoms with van der Waals surface area (Å²) in [6.45, 7) is 8.27. The van der Waals surface area contributed by atoms with E-state index in [0.29, 0.717) is 19.7 Å². The molecule has 0 spiro atoms. The number of aromatic nitrogens is 2. The molecule has 0 fully saturated rings. The molecule has 0 aliphatic rings. The Labute approximate surface area is 144 Å². The minimum absolute atomic E-state index is 0.0395. The van der Waals surface area contributed by atoms with Gasteiger partial charge in [0.15, 0.2) is 0 Å². The van der Waals surface area contributed by atoms with Crippen LogP contribution < -0.4 is 0 Å². The highest BCUT2D eigenvalue weighted by Crippen LogP contribution is 2.11. The van der Waals surface area contributed by atoms with E-state index in [1.807, 2.05) is 24.9 Å². The van der Waals surface area contributed by atoms with Gasteiger partial charge in [-0.05, 0) is 12.5 Å². The van der Waals surface area contributed by atoms with Crippen LogP contribution >= 0.6 is 0 Å². The second-order valence-electron chi connectivity index (χ2n) is 6.36. The van der Waals surface area contributed by atoms with Crippen LogP contribution in [0.5, 0.6) is 0 Å². The van der Waals surface area contributed by atoms with Crippen LogP contribution in [0, 0.1) is 12.8 Å². The lowest BCUT2D eigenvalue weighted by atomic mass is 10.1. The summed E-state index contributed by atoms with van der Waals surface area (Å²) in [5.74, 6) is 0.972. The third kappa shape index (κ3) is 4.93. The molecule has 24 heavy (non-hydrogen) atoms. The van der Waals surface area contributed by atoms with Crippen molar-refractivity contribution in [2.24, 2.45) is 5.92 Å². The van der Waals surface area contributed by atoms with Gasteiger partial charge in [-0.2, -0.15) is 0 Å². The number of ether oxygens (including phenoxy) is 1. The molecule has 1 heterocycles. The monoisotopic (exact) mass is 329 g/mol. The fourth-order valence-corrected chi connectivity index (χ4v) is 2.53. The maximum absolute atomic E-state index is 12.4. The van der Waals surface area contributed by atoms with E-state index in [1.54, 1.807) is 13.3 Å². The van der Waals surface area contributed by atoms with Crippen molar-refractivity contribution in [3.63, 3.8) is 0 Å². The normalized spacial score (nSPS) is 11.0. The molecule has 0 atom stereocenters. The van der Waals surface area contributed by atoms with Crippen molar-refractivity contribution in [2.75, 3.05) is 20.3 Å². The number of amides is 1. The lowest BCUT2D eigenvalue weighted by Crippen LogP contribution is -2.37. The summed E-state index contributed by atoms with van der Waals surface area (Å²) < 4.78 is 7.23. The van der Waals surface area contributed by atoms with Crippen LogP contribution in [0.4, 0.5) is 0 Å². The number of rotatable bonds is 8. The molecule has 0 aliphatic carbocycles. The largest absolute Gasteiger partial charge is 0.383 e. The maximum Gasteiger partial charge on any atom is 0.225 e. The minimum atomic E-state index is -0.0395. The molecule has 2 rings (SSSR count). The van der Waals surface area contributed by atoms with Gasteiger partial charge in [0, 0.05) is 38.5 Å². The smallest absolute Gasteiger partial charge is 0.225 e. The van der Waals surface area contributed by atoms with Crippen LogP contribution in [0.2, 0.25) is 0 Å². The van der Waals surface area contributed by atoms with Gasteiger partial charge >= 0.3 is 0 Å². The molecular weight excluding hydrogens is 302 g/mol. The van der Waals surface area contributed by atoms with Crippen molar-refractivity contribution in [3.8, 4) is 0 Å². The van der Waals surface area contributed by atoms with E-state index in [2.05, 4.69) is 40.7 Å².